The summed E-state index contributed by atoms with van der Waals surface area (Å²) in [5.41, 5.74) is 6.22. The van der Waals surface area contributed by atoms with E-state index in [1.165, 1.54) is 4.31 Å². The predicted octanol–water partition coefficient (Wildman–Crippen LogP) is 0.743. The molecule has 1 aromatic heterocycles. The number of fused-ring (bicyclic) bond motifs is 1. The van der Waals surface area contributed by atoms with Crippen molar-refractivity contribution in [2.45, 2.75) is 38.5 Å². The second-order valence-corrected chi connectivity index (χ2v) is 7.81. The molecule has 7 heteroatoms. The fourth-order valence-corrected chi connectivity index (χ4v) is 3.18. The van der Waals surface area contributed by atoms with Gasteiger partial charge < -0.3 is 10.2 Å². The number of hydrogen-bond donors (Lipinski definition) is 1. The largest absolute Gasteiger partial charge is 0.427 e. The Morgan fingerprint density at radius 3 is 2.65 bits per heavy atom. The third-order valence-corrected chi connectivity index (χ3v) is 5.37. The van der Waals surface area contributed by atoms with E-state index in [0.29, 0.717) is 18.7 Å². The van der Waals surface area contributed by atoms with Crippen LogP contribution in [-0.4, -0.2) is 29.0 Å². The summed E-state index contributed by atoms with van der Waals surface area (Å²) < 4.78 is 30.3. The van der Waals surface area contributed by atoms with Crippen molar-refractivity contribution in [3.8, 4) is 0 Å². The zero-order valence-electron chi connectivity index (χ0n) is 10.2. The first-order chi connectivity index (χ1) is 7.72. The lowest BCUT2D eigenvalue weighted by Crippen LogP contribution is -2.45. The molecule has 6 nitrogen and oxygen atoms in total. The van der Waals surface area contributed by atoms with Gasteiger partial charge >= 0.3 is 0 Å². The van der Waals surface area contributed by atoms with Crippen LogP contribution < -0.4 is 5.73 Å². The first-order valence-corrected chi connectivity index (χ1v) is 6.89. The van der Waals surface area contributed by atoms with Crippen LogP contribution in [0.3, 0.4) is 0 Å². The number of sulfonamides is 1. The van der Waals surface area contributed by atoms with E-state index < -0.39 is 14.8 Å². The summed E-state index contributed by atoms with van der Waals surface area (Å²) in [6.45, 7) is 5.71. The highest BCUT2D eigenvalue weighted by molar-refractivity contribution is 7.90. The SMILES string of the molecule is CC(C)(C)S(=O)(=O)N1CCc2nc(N)oc2C1. The van der Waals surface area contributed by atoms with Crippen molar-refractivity contribution in [3.63, 3.8) is 0 Å². The van der Waals surface area contributed by atoms with E-state index in [9.17, 15) is 8.42 Å². The molecule has 0 bridgehead atoms. The molecule has 0 unspecified atom stereocenters. The van der Waals surface area contributed by atoms with E-state index in [1.54, 1.807) is 20.8 Å². The number of hydrogen-bond acceptors (Lipinski definition) is 5. The van der Waals surface area contributed by atoms with E-state index in [-0.39, 0.29) is 12.6 Å². The third kappa shape index (κ3) is 2.04. The Bertz CT molecular complexity index is 527. The van der Waals surface area contributed by atoms with Crippen LogP contribution in [-0.2, 0) is 23.0 Å². The lowest BCUT2D eigenvalue weighted by atomic mass is 10.2. The lowest BCUT2D eigenvalue weighted by Gasteiger charge is -2.31. The van der Waals surface area contributed by atoms with Gasteiger partial charge in [0.05, 0.1) is 17.0 Å². The Balaban J connectivity index is 2.29. The van der Waals surface area contributed by atoms with Crippen molar-refractivity contribution in [1.29, 1.82) is 0 Å². The maximum absolute atomic E-state index is 12.3. The molecular formula is C10H17N3O3S. The van der Waals surface area contributed by atoms with Crippen molar-refractivity contribution in [1.82, 2.24) is 9.29 Å². The second kappa shape index (κ2) is 3.71. The van der Waals surface area contributed by atoms with Crippen LogP contribution in [0.5, 0.6) is 0 Å². The van der Waals surface area contributed by atoms with Crippen LogP contribution in [0.25, 0.3) is 0 Å². The van der Waals surface area contributed by atoms with Gasteiger partial charge in [0.25, 0.3) is 6.01 Å². The van der Waals surface area contributed by atoms with Crippen LogP contribution in [0.2, 0.25) is 0 Å². The molecule has 0 amide bonds. The molecule has 0 saturated heterocycles. The highest BCUT2D eigenvalue weighted by atomic mass is 32.2. The van der Waals surface area contributed by atoms with Gasteiger partial charge in [0.15, 0.2) is 0 Å². The molecule has 1 aromatic rings. The van der Waals surface area contributed by atoms with Crippen molar-refractivity contribution in [2.24, 2.45) is 0 Å². The average molecular weight is 259 g/mol. The van der Waals surface area contributed by atoms with Crippen LogP contribution in [0.4, 0.5) is 6.01 Å². The Labute approximate surface area is 101 Å². The normalized spacial score (nSPS) is 18.1. The summed E-state index contributed by atoms with van der Waals surface area (Å²) in [4.78, 5) is 4.02. The fourth-order valence-electron chi connectivity index (χ4n) is 1.78. The summed E-state index contributed by atoms with van der Waals surface area (Å²) in [5.74, 6) is 0.557. The summed E-state index contributed by atoms with van der Waals surface area (Å²) >= 11 is 0. The molecule has 0 aromatic carbocycles. The third-order valence-electron chi connectivity index (χ3n) is 2.83. The van der Waals surface area contributed by atoms with Crippen LogP contribution in [0.15, 0.2) is 4.42 Å². The molecule has 0 atom stereocenters. The predicted molar refractivity (Wildman–Crippen MR) is 63.7 cm³/mol. The highest BCUT2D eigenvalue weighted by Crippen LogP contribution is 2.27. The van der Waals surface area contributed by atoms with Crippen molar-refractivity contribution in [3.05, 3.63) is 11.5 Å². The van der Waals surface area contributed by atoms with E-state index in [4.69, 9.17) is 10.2 Å². The minimum Gasteiger partial charge on any atom is -0.427 e. The number of aromatic nitrogens is 1. The molecular weight excluding hydrogens is 242 g/mol. The average Bonchev–Trinajstić information content (AvgIpc) is 2.54. The van der Waals surface area contributed by atoms with Gasteiger partial charge in [0.1, 0.15) is 5.76 Å². The molecule has 2 N–H and O–H groups in total. The summed E-state index contributed by atoms with van der Waals surface area (Å²) in [6, 6.07) is 0.102. The minimum absolute atomic E-state index is 0.102. The maximum Gasteiger partial charge on any atom is 0.292 e. The van der Waals surface area contributed by atoms with Gasteiger partial charge in [-0.25, -0.2) is 8.42 Å². The summed E-state index contributed by atoms with van der Waals surface area (Å²) in [7, 11) is -3.33. The molecule has 0 radical (unpaired) electrons. The monoisotopic (exact) mass is 259 g/mol. The van der Waals surface area contributed by atoms with E-state index in [0.717, 1.165) is 5.69 Å². The molecule has 2 heterocycles. The second-order valence-electron chi connectivity index (χ2n) is 5.12. The van der Waals surface area contributed by atoms with Gasteiger partial charge in [0.2, 0.25) is 10.0 Å². The zero-order valence-corrected chi connectivity index (χ0v) is 11.0. The number of anilines is 1. The van der Waals surface area contributed by atoms with Gasteiger partial charge in [-0.1, -0.05) is 0 Å². The van der Waals surface area contributed by atoms with Crippen LogP contribution >= 0.6 is 0 Å². The standard InChI is InChI=1S/C10H17N3O3S/c1-10(2,3)17(14,15)13-5-4-7-8(6-13)16-9(11)12-7/h4-6H2,1-3H3,(H2,11,12). The first-order valence-electron chi connectivity index (χ1n) is 5.45. The molecule has 2 rings (SSSR count). The Morgan fingerprint density at radius 2 is 2.06 bits per heavy atom. The van der Waals surface area contributed by atoms with Gasteiger partial charge in [-0.2, -0.15) is 9.29 Å². The van der Waals surface area contributed by atoms with E-state index >= 15 is 0 Å². The Hall–Kier alpha value is -1.08. The topological polar surface area (TPSA) is 89.4 Å². The first kappa shape index (κ1) is 12.4. The van der Waals surface area contributed by atoms with Gasteiger partial charge in [0, 0.05) is 13.0 Å². The Kier molecular flexibility index (Phi) is 2.70. The Morgan fingerprint density at radius 1 is 1.41 bits per heavy atom. The fraction of sp³-hybridized carbons (Fsp3) is 0.700. The lowest BCUT2D eigenvalue weighted by molar-refractivity contribution is 0.337. The minimum atomic E-state index is -3.33. The van der Waals surface area contributed by atoms with Crippen molar-refractivity contribution in [2.75, 3.05) is 12.3 Å². The van der Waals surface area contributed by atoms with E-state index in [1.807, 2.05) is 0 Å². The number of rotatable bonds is 1. The number of oxazole rings is 1. The maximum atomic E-state index is 12.3. The molecule has 0 aliphatic carbocycles. The number of nitrogens with zero attached hydrogens (tertiary/aromatic N) is 2. The summed E-state index contributed by atoms with van der Waals surface area (Å²) in [5, 5.41) is 0. The molecule has 1 aliphatic rings. The van der Waals surface area contributed by atoms with Crippen LogP contribution in [0, 0.1) is 0 Å². The molecule has 0 fully saturated rings. The van der Waals surface area contributed by atoms with Crippen LogP contribution in [0.1, 0.15) is 32.2 Å². The highest BCUT2D eigenvalue weighted by Gasteiger charge is 2.38. The molecule has 0 saturated carbocycles. The molecule has 96 valence electrons. The summed E-state index contributed by atoms with van der Waals surface area (Å²) in [6.07, 6.45) is 0.547. The van der Waals surface area contributed by atoms with E-state index in [2.05, 4.69) is 4.98 Å². The molecule has 0 spiro atoms. The quantitative estimate of drug-likeness (QED) is 0.803. The number of nitrogen functional groups attached to an aromatic ring is 1. The number of nitrogens with two attached hydrogens (primary N) is 1. The smallest absolute Gasteiger partial charge is 0.292 e. The van der Waals surface area contributed by atoms with Gasteiger partial charge in [-0.15, -0.1) is 0 Å². The molecule has 1 aliphatic heterocycles. The van der Waals surface area contributed by atoms with Crippen molar-refractivity contribution < 1.29 is 12.8 Å². The van der Waals surface area contributed by atoms with Crippen molar-refractivity contribution >= 4 is 16.0 Å². The van der Waals surface area contributed by atoms with Gasteiger partial charge in [-0.3, -0.25) is 0 Å². The molecule has 17 heavy (non-hydrogen) atoms. The van der Waals surface area contributed by atoms with Gasteiger partial charge in [-0.05, 0) is 20.8 Å². The zero-order chi connectivity index (χ0) is 12.8.